The van der Waals surface area contributed by atoms with E-state index in [9.17, 15) is 9.18 Å². The topological polar surface area (TPSA) is 50.2 Å². The third-order valence-electron chi connectivity index (χ3n) is 5.19. The molecule has 2 atom stereocenters. The normalized spacial score (nSPS) is 20.2. The molecule has 1 saturated heterocycles. The zero-order chi connectivity index (χ0) is 18.7. The van der Waals surface area contributed by atoms with E-state index in [0.29, 0.717) is 23.5 Å². The molecule has 1 aromatic heterocycles. The van der Waals surface area contributed by atoms with Gasteiger partial charge in [0.1, 0.15) is 11.6 Å². The summed E-state index contributed by atoms with van der Waals surface area (Å²) in [7, 11) is 0. The van der Waals surface area contributed by atoms with Gasteiger partial charge in [-0.05, 0) is 51.4 Å². The molecule has 1 fully saturated rings. The molecule has 1 aromatic carbocycles. The van der Waals surface area contributed by atoms with Gasteiger partial charge in [0.15, 0.2) is 0 Å². The predicted octanol–water partition coefficient (Wildman–Crippen LogP) is 3.08. The van der Waals surface area contributed by atoms with Gasteiger partial charge in [0.2, 0.25) is 0 Å². The lowest BCUT2D eigenvalue weighted by atomic mass is 10.1. The average molecular weight is 360 g/mol. The fraction of sp³-hybridized carbons (Fsp3) is 0.600. The van der Waals surface area contributed by atoms with Gasteiger partial charge in [-0.25, -0.2) is 9.37 Å². The van der Waals surface area contributed by atoms with Crippen LogP contribution in [0.1, 0.15) is 51.9 Å². The van der Waals surface area contributed by atoms with E-state index >= 15 is 0 Å². The van der Waals surface area contributed by atoms with Crippen molar-refractivity contribution in [2.24, 2.45) is 0 Å². The number of halogens is 1. The first-order chi connectivity index (χ1) is 12.5. The number of fused-ring (bicyclic) bond motifs is 1. The van der Waals surface area contributed by atoms with Crippen LogP contribution in [0, 0.1) is 5.82 Å². The lowest BCUT2D eigenvalue weighted by molar-refractivity contribution is 0.174. The van der Waals surface area contributed by atoms with Crippen LogP contribution in [0.15, 0.2) is 23.0 Å². The van der Waals surface area contributed by atoms with Crippen molar-refractivity contribution in [2.75, 3.05) is 19.6 Å². The van der Waals surface area contributed by atoms with Gasteiger partial charge in [0, 0.05) is 25.7 Å². The highest BCUT2D eigenvalue weighted by Crippen LogP contribution is 2.26. The molecule has 3 rings (SSSR count). The van der Waals surface area contributed by atoms with Gasteiger partial charge in [-0.1, -0.05) is 13.3 Å². The maximum absolute atomic E-state index is 13.6. The molecule has 0 saturated carbocycles. The molecule has 26 heavy (non-hydrogen) atoms. The van der Waals surface area contributed by atoms with Crippen LogP contribution < -0.4 is 10.9 Å². The largest absolute Gasteiger partial charge is 0.313 e. The van der Waals surface area contributed by atoms with E-state index in [-0.39, 0.29) is 11.6 Å². The smallest absolute Gasteiger partial charge is 0.261 e. The highest BCUT2D eigenvalue weighted by molar-refractivity contribution is 5.77. The van der Waals surface area contributed by atoms with Gasteiger partial charge in [-0.3, -0.25) is 14.3 Å². The number of nitrogens with one attached hydrogen (secondary N) is 1. The van der Waals surface area contributed by atoms with Crippen molar-refractivity contribution in [3.8, 4) is 0 Å². The van der Waals surface area contributed by atoms with Gasteiger partial charge in [0.25, 0.3) is 5.56 Å². The van der Waals surface area contributed by atoms with E-state index < -0.39 is 5.82 Å². The fourth-order valence-electron chi connectivity index (χ4n) is 3.94. The molecule has 1 N–H and O–H groups in total. The molecule has 0 unspecified atom stereocenters. The van der Waals surface area contributed by atoms with Crippen LogP contribution in [-0.4, -0.2) is 40.1 Å². The van der Waals surface area contributed by atoms with E-state index in [0.717, 1.165) is 44.7 Å². The zero-order valence-corrected chi connectivity index (χ0v) is 16.0. The molecule has 0 bridgehead atoms. The van der Waals surface area contributed by atoms with Crippen molar-refractivity contribution in [1.82, 2.24) is 19.8 Å². The number of hydrogen-bond donors (Lipinski definition) is 1. The minimum atomic E-state index is -0.399. The van der Waals surface area contributed by atoms with Crippen molar-refractivity contribution in [3.05, 3.63) is 40.2 Å². The first-order valence-electron chi connectivity index (χ1n) is 9.72. The Morgan fingerprint density at radius 1 is 1.38 bits per heavy atom. The zero-order valence-electron chi connectivity index (χ0n) is 16.0. The maximum Gasteiger partial charge on any atom is 0.261 e. The Morgan fingerprint density at radius 3 is 2.92 bits per heavy atom. The summed E-state index contributed by atoms with van der Waals surface area (Å²) >= 11 is 0. The van der Waals surface area contributed by atoms with Crippen LogP contribution in [0.25, 0.3) is 10.9 Å². The van der Waals surface area contributed by atoms with Gasteiger partial charge >= 0.3 is 0 Å². The minimum Gasteiger partial charge on any atom is -0.313 e. The third kappa shape index (κ3) is 3.81. The van der Waals surface area contributed by atoms with Crippen LogP contribution in [0.4, 0.5) is 4.39 Å². The number of hydrogen-bond acceptors (Lipinski definition) is 4. The van der Waals surface area contributed by atoms with Crippen molar-refractivity contribution in [2.45, 2.75) is 58.7 Å². The standard InChI is InChI=1S/C20H29FN4O/c1-4-7-18(24-11-6-10-22-14(3)13-24)19-23-17-9-8-15(21)12-16(17)20(26)25(19)5-2/h8-9,12,14,18,22H,4-7,10-11,13H2,1-3H3/t14-,18-/m0/s1. The second-order valence-electron chi connectivity index (χ2n) is 7.19. The third-order valence-corrected chi connectivity index (χ3v) is 5.19. The van der Waals surface area contributed by atoms with E-state index in [2.05, 4.69) is 24.1 Å². The van der Waals surface area contributed by atoms with Crippen LogP contribution in [0.5, 0.6) is 0 Å². The summed E-state index contributed by atoms with van der Waals surface area (Å²) in [5.41, 5.74) is 0.437. The number of rotatable bonds is 5. The first kappa shape index (κ1) is 19.0. The summed E-state index contributed by atoms with van der Waals surface area (Å²) in [6.07, 6.45) is 3.05. The molecular weight excluding hydrogens is 331 g/mol. The Labute approximate surface area is 154 Å². The van der Waals surface area contributed by atoms with E-state index in [1.165, 1.54) is 12.1 Å². The Morgan fingerprint density at radius 2 is 2.19 bits per heavy atom. The number of nitrogens with zero attached hydrogens (tertiary/aromatic N) is 3. The summed E-state index contributed by atoms with van der Waals surface area (Å²) in [4.78, 5) is 20.3. The van der Waals surface area contributed by atoms with E-state index in [4.69, 9.17) is 4.98 Å². The van der Waals surface area contributed by atoms with Crippen molar-refractivity contribution < 1.29 is 4.39 Å². The number of aromatic nitrogens is 2. The first-order valence-corrected chi connectivity index (χ1v) is 9.72. The SMILES string of the molecule is CCC[C@@H](c1nc2ccc(F)cc2c(=O)n1CC)N1CCCN[C@@H](C)C1. The lowest BCUT2D eigenvalue weighted by Crippen LogP contribution is -2.40. The molecule has 0 amide bonds. The average Bonchev–Trinajstić information content (AvgIpc) is 2.84. The van der Waals surface area contributed by atoms with Gasteiger partial charge in [0.05, 0.1) is 16.9 Å². The summed E-state index contributed by atoms with van der Waals surface area (Å²) in [5, 5.41) is 3.88. The summed E-state index contributed by atoms with van der Waals surface area (Å²) < 4.78 is 15.3. The monoisotopic (exact) mass is 360 g/mol. The molecule has 1 aliphatic heterocycles. The molecule has 0 aliphatic carbocycles. The van der Waals surface area contributed by atoms with Gasteiger partial charge in [-0.15, -0.1) is 0 Å². The van der Waals surface area contributed by atoms with Crippen LogP contribution >= 0.6 is 0 Å². The quantitative estimate of drug-likeness (QED) is 0.890. The molecule has 0 spiro atoms. The van der Waals surface area contributed by atoms with Crippen LogP contribution in [0.2, 0.25) is 0 Å². The predicted molar refractivity (Wildman–Crippen MR) is 103 cm³/mol. The highest BCUT2D eigenvalue weighted by atomic mass is 19.1. The second kappa shape index (κ2) is 8.27. The van der Waals surface area contributed by atoms with Gasteiger partial charge in [-0.2, -0.15) is 0 Å². The Kier molecular flexibility index (Phi) is 6.04. The molecule has 6 heteroatoms. The van der Waals surface area contributed by atoms with E-state index in [1.807, 2.05) is 6.92 Å². The fourth-order valence-corrected chi connectivity index (χ4v) is 3.94. The summed E-state index contributed by atoms with van der Waals surface area (Å²) in [6, 6.07) is 4.80. The molecule has 2 aromatic rings. The lowest BCUT2D eigenvalue weighted by Gasteiger charge is -2.32. The molecular formula is C20H29FN4O. The number of benzene rings is 1. The molecule has 142 valence electrons. The molecule has 1 aliphatic rings. The minimum absolute atomic E-state index is 0.101. The maximum atomic E-state index is 13.6. The highest BCUT2D eigenvalue weighted by Gasteiger charge is 2.27. The van der Waals surface area contributed by atoms with Crippen molar-refractivity contribution >= 4 is 10.9 Å². The van der Waals surface area contributed by atoms with Crippen LogP contribution in [-0.2, 0) is 6.54 Å². The van der Waals surface area contributed by atoms with Crippen LogP contribution in [0.3, 0.4) is 0 Å². The Bertz CT molecular complexity index is 819. The Hall–Kier alpha value is -1.79. The Balaban J connectivity index is 2.12. The second-order valence-corrected chi connectivity index (χ2v) is 7.19. The van der Waals surface area contributed by atoms with Crippen molar-refractivity contribution in [1.29, 1.82) is 0 Å². The summed E-state index contributed by atoms with van der Waals surface area (Å²) in [5.74, 6) is 0.414. The molecule has 0 radical (unpaired) electrons. The molecule has 2 heterocycles. The van der Waals surface area contributed by atoms with Crippen molar-refractivity contribution in [3.63, 3.8) is 0 Å². The molecule has 5 nitrogen and oxygen atoms in total. The van der Waals surface area contributed by atoms with Gasteiger partial charge < -0.3 is 5.32 Å². The van der Waals surface area contributed by atoms with E-state index in [1.54, 1.807) is 10.6 Å². The summed E-state index contributed by atoms with van der Waals surface area (Å²) in [6.45, 7) is 9.79.